The second-order valence-corrected chi connectivity index (χ2v) is 5.18. The molecule has 0 saturated carbocycles. The standard InChI is InChI=1S/C16H34O5/c1-2-3-4-5-6-7-8-16(21-12-10-18)15-20-14-13-19-11-9-17/h16-18H,2-15H2,1H3. The highest BCUT2D eigenvalue weighted by molar-refractivity contribution is 4.58. The second kappa shape index (κ2) is 17.9. The van der Waals surface area contributed by atoms with Gasteiger partial charge in [0.2, 0.25) is 0 Å². The van der Waals surface area contributed by atoms with Gasteiger partial charge in [-0.3, -0.25) is 0 Å². The monoisotopic (exact) mass is 306 g/mol. The molecule has 128 valence electrons. The summed E-state index contributed by atoms with van der Waals surface area (Å²) in [5, 5.41) is 17.4. The minimum absolute atomic E-state index is 0.0419. The fraction of sp³-hybridized carbons (Fsp3) is 1.00. The van der Waals surface area contributed by atoms with E-state index in [2.05, 4.69) is 6.92 Å². The van der Waals surface area contributed by atoms with Gasteiger partial charge in [-0.2, -0.15) is 0 Å². The first-order valence-electron chi connectivity index (χ1n) is 8.34. The first-order valence-corrected chi connectivity index (χ1v) is 8.34. The van der Waals surface area contributed by atoms with Crippen LogP contribution in [0.5, 0.6) is 0 Å². The molecule has 0 spiro atoms. The third-order valence-corrected chi connectivity index (χ3v) is 3.24. The van der Waals surface area contributed by atoms with Gasteiger partial charge in [0.15, 0.2) is 0 Å². The lowest BCUT2D eigenvalue weighted by Crippen LogP contribution is -2.23. The lowest BCUT2D eigenvalue weighted by Gasteiger charge is -2.17. The van der Waals surface area contributed by atoms with Crippen LogP contribution in [0.1, 0.15) is 51.9 Å². The Labute approximate surface area is 129 Å². The van der Waals surface area contributed by atoms with Crippen molar-refractivity contribution in [3.63, 3.8) is 0 Å². The molecule has 0 aromatic heterocycles. The number of hydrogen-bond donors (Lipinski definition) is 2. The van der Waals surface area contributed by atoms with Crippen molar-refractivity contribution in [3.8, 4) is 0 Å². The van der Waals surface area contributed by atoms with E-state index >= 15 is 0 Å². The van der Waals surface area contributed by atoms with Gasteiger partial charge in [0.25, 0.3) is 0 Å². The van der Waals surface area contributed by atoms with Gasteiger partial charge in [-0.1, -0.05) is 45.4 Å². The maximum atomic E-state index is 8.84. The summed E-state index contributed by atoms with van der Waals surface area (Å²) in [4.78, 5) is 0. The van der Waals surface area contributed by atoms with Crippen LogP contribution in [-0.4, -0.2) is 62.6 Å². The minimum atomic E-state index is 0.0419. The number of unbranched alkanes of at least 4 members (excludes halogenated alkanes) is 5. The zero-order chi connectivity index (χ0) is 15.6. The average molecular weight is 306 g/mol. The summed E-state index contributed by atoms with van der Waals surface area (Å²) in [6.45, 7) is 4.57. The summed E-state index contributed by atoms with van der Waals surface area (Å²) in [6, 6.07) is 0. The number of aliphatic hydroxyl groups excluding tert-OH is 2. The van der Waals surface area contributed by atoms with E-state index in [1.54, 1.807) is 0 Å². The SMILES string of the molecule is CCCCCCCCC(COCCOCCO)OCCO. The van der Waals surface area contributed by atoms with Gasteiger partial charge in [-0.15, -0.1) is 0 Å². The van der Waals surface area contributed by atoms with E-state index in [9.17, 15) is 0 Å². The van der Waals surface area contributed by atoms with E-state index in [0.29, 0.717) is 33.0 Å². The molecule has 0 heterocycles. The van der Waals surface area contributed by atoms with E-state index in [0.717, 1.165) is 12.8 Å². The molecule has 1 atom stereocenters. The van der Waals surface area contributed by atoms with Crippen molar-refractivity contribution < 1.29 is 24.4 Å². The number of aliphatic hydroxyl groups is 2. The second-order valence-electron chi connectivity index (χ2n) is 5.18. The summed E-state index contributed by atoms with van der Waals surface area (Å²) < 4.78 is 16.2. The number of rotatable bonds is 17. The molecule has 0 fully saturated rings. The highest BCUT2D eigenvalue weighted by atomic mass is 16.6. The Morgan fingerprint density at radius 1 is 0.762 bits per heavy atom. The molecule has 0 aromatic carbocycles. The molecule has 2 N–H and O–H groups in total. The van der Waals surface area contributed by atoms with Crippen LogP contribution in [0.4, 0.5) is 0 Å². The lowest BCUT2D eigenvalue weighted by atomic mass is 10.1. The molecule has 0 rings (SSSR count). The quantitative estimate of drug-likeness (QED) is 0.403. The molecule has 0 saturated heterocycles. The predicted molar refractivity (Wildman–Crippen MR) is 83.5 cm³/mol. The van der Waals surface area contributed by atoms with Gasteiger partial charge >= 0.3 is 0 Å². The molecule has 0 aliphatic heterocycles. The molecule has 5 nitrogen and oxygen atoms in total. The molecule has 0 aliphatic rings. The summed E-state index contributed by atoms with van der Waals surface area (Å²) in [6.07, 6.45) is 8.61. The molecule has 0 bridgehead atoms. The fourth-order valence-corrected chi connectivity index (χ4v) is 2.09. The topological polar surface area (TPSA) is 68.2 Å². The van der Waals surface area contributed by atoms with Crippen molar-refractivity contribution in [2.45, 2.75) is 58.0 Å². The van der Waals surface area contributed by atoms with E-state index < -0.39 is 0 Å². The molecule has 1 unspecified atom stereocenters. The summed E-state index contributed by atoms with van der Waals surface area (Å²) in [5.74, 6) is 0. The fourth-order valence-electron chi connectivity index (χ4n) is 2.09. The van der Waals surface area contributed by atoms with Crippen molar-refractivity contribution in [1.29, 1.82) is 0 Å². The maximum absolute atomic E-state index is 8.84. The summed E-state index contributed by atoms with van der Waals surface area (Å²) in [7, 11) is 0. The zero-order valence-electron chi connectivity index (χ0n) is 13.6. The van der Waals surface area contributed by atoms with Crippen molar-refractivity contribution in [2.75, 3.05) is 46.2 Å². The van der Waals surface area contributed by atoms with E-state index in [4.69, 9.17) is 24.4 Å². The maximum Gasteiger partial charge on any atom is 0.0809 e. The van der Waals surface area contributed by atoms with Crippen molar-refractivity contribution >= 4 is 0 Å². The van der Waals surface area contributed by atoms with Crippen molar-refractivity contribution in [2.24, 2.45) is 0 Å². The predicted octanol–water partition coefficient (Wildman–Crippen LogP) is 2.14. The van der Waals surface area contributed by atoms with Crippen LogP contribution in [0.2, 0.25) is 0 Å². The first-order chi connectivity index (χ1) is 10.3. The third-order valence-electron chi connectivity index (χ3n) is 3.24. The van der Waals surface area contributed by atoms with Crippen molar-refractivity contribution in [3.05, 3.63) is 0 Å². The summed E-state index contributed by atoms with van der Waals surface area (Å²) in [5.41, 5.74) is 0. The highest BCUT2D eigenvalue weighted by Crippen LogP contribution is 2.11. The van der Waals surface area contributed by atoms with E-state index in [1.165, 1.54) is 32.1 Å². The van der Waals surface area contributed by atoms with Gasteiger partial charge < -0.3 is 24.4 Å². The Bertz CT molecular complexity index is 174. The van der Waals surface area contributed by atoms with Crippen LogP contribution in [-0.2, 0) is 14.2 Å². The lowest BCUT2D eigenvalue weighted by molar-refractivity contribution is -0.0447. The number of hydrogen-bond acceptors (Lipinski definition) is 5. The molecular weight excluding hydrogens is 272 g/mol. The average Bonchev–Trinajstić information content (AvgIpc) is 2.50. The van der Waals surface area contributed by atoms with Crippen LogP contribution in [0.3, 0.4) is 0 Å². The molecule has 0 aromatic rings. The zero-order valence-corrected chi connectivity index (χ0v) is 13.6. The largest absolute Gasteiger partial charge is 0.394 e. The molecule has 5 heteroatoms. The first kappa shape index (κ1) is 20.8. The van der Waals surface area contributed by atoms with Crippen LogP contribution in [0.25, 0.3) is 0 Å². The van der Waals surface area contributed by atoms with Crippen LogP contribution < -0.4 is 0 Å². The van der Waals surface area contributed by atoms with Crippen LogP contribution >= 0.6 is 0 Å². The number of ether oxygens (including phenoxy) is 3. The normalized spacial score (nSPS) is 12.7. The molecule has 0 radical (unpaired) electrons. The van der Waals surface area contributed by atoms with Gasteiger partial charge in [-0.25, -0.2) is 0 Å². The van der Waals surface area contributed by atoms with Gasteiger partial charge in [0.05, 0.1) is 52.4 Å². The Morgan fingerprint density at radius 3 is 2.14 bits per heavy atom. The molecular formula is C16H34O5. The van der Waals surface area contributed by atoms with Crippen LogP contribution in [0.15, 0.2) is 0 Å². The molecule has 0 amide bonds. The van der Waals surface area contributed by atoms with Gasteiger partial charge in [0, 0.05) is 0 Å². The van der Waals surface area contributed by atoms with Gasteiger partial charge in [0.1, 0.15) is 0 Å². The van der Waals surface area contributed by atoms with E-state index in [-0.39, 0.29) is 19.3 Å². The molecule has 0 aliphatic carbocycles. The Hall–Kier alpha value is -0.200. The van der Waals surface area contributed by atoms with Crippen LogP contribution in [0, 0.1) is 0 Å². The third kappa shape index (κ3) is 16.0. The minimum Gasteiger partial charge on any atom is -0.394 e. The Kier molecular flexibility index (Phi) is 17.7. The smallest absolute Gasteiger partial charge is 0.0809 e. The highest BCUT2D eigenvalue weighted by Gasteiger charge is 2.09. The Morgan fingerprint density at radius 2 is 1.43 bits per heavy atom. The van der Waals surface area contributed by atoms with Crippen molar-refractivity contribution in [1.82, 2.24) is 0 Å². The Balaban J connectivity index is 3.56. The summed E-state index contributed by atoms with van der Waals surface area (Å²) >= 11 is 0. The van der Waals surface area contributed by atoms with Gasteiger partial charge in [-0.05, 0) is 6.42 Å². The van der Waals surface area contributed by atoms with E-state index in [1.807, 2.05) is 0 Å². The molecule has 21 heavy (non-hydrogen) atoms.